The van der Waals surface area contributed by atoms with Gasteiger partial charge < -0.3 is 9.42 Å². The number of nitrogens with zero attached hydrogens (tertiary/aromatic N) is 5. The Balaban J connectivity index is 1.54. The van der Waals surface area contributed by atoms with Crippen molar-refractivity contribution in [2.45, 2.75) is 25.8 Å². The van der Waals surface area contributed by atoms with Gasteiger partial charge in [-0.05, 0) is 37.5 Å². The number of fused-ring (bicyclic) bond motifs is 1. The van der Waals surface area contributed by atoms with Gasteiger partial charge in [-0.1, -0.05) is 23.4 Å². The van der Waals surface area contributed by atoms with E-state index in [0.29, 0.717) is 16.9 Å². The Labute approximate surface area is 178 Å². The second-order valence-electron chi connectivity index (χ2n) is 7.60. The summed E-state index contributed by atoms with van der Waals surface area (Å²) in [5.41, 5.74) is 1.71. The topological polar surface area (TPSA) is 94.1 Å². The van der Waals surface area contributed by atoms with Crippen LogP contribution in [0.5, 0.6) is 0 Å². The summed E-state index contributed by atoms with van der Waals surface area (Å²) in [6.07, 6.45) is 6.48. The first-order valence-electron chi connectivity index (χ1n) is 10.4. The molecule has 1 saturated heterocycles. The van der Waals surface area contributed by atoms with E-state index in [2.05, 4.69) is 15.1 Å². The Morgan fingerprint density at radius 3 is 2.61 bits per heavy atom. The summed E-state index contributed by atoms with van der Waals surface area (Å²) in [7, 11) is 0. The van der Waals surface area contributed by atoms with Crippen molar-refractivity contribution < 1.29 is 9.32 Å². The molecule has 4 aromatic rings. The van der Waals surface area contributed by atoms with Crippen molar-refractivity contribution in [3.05, 3.63) is 65.2 Å². The van der Waals surface area contributed by atoms with Crippen molar-refractivity contribution in [1.82, 2.24) is 24.6 Å². The zero-order valence-electron chi connectivity index (χ0n) is 16.9. The third kappa shape index (κ3) is 3.72. The highest BCUT2D eigenvalue weighted by Crippen LogP contribution is 2.28. The van der Waals surface area contributed by atoms with Crippen molar-refractivity contribution in [2.24, 2.45) is 0 Å². The van der Waals surface area contributed by atoms with Gasteiger partial charge >= 0.3 is 0 Å². The van der Waals surface area contributed by atoms with Gasteiger partial charge in [0.25, 0.3) is 11.4 Å². The molecule has 1 aliphatic heterocycles. The predicted molar refractivity (Wildman–Crippen MR) is 115 cm³/mol. The van der Waals surface area contributed by atoms with E-state index in [0.717, 1.165) is 43.3 Å². The molecule has 0 N–H and O–H groups in total. The summed E-state index contributed by atoms with van der Waals surface area (Å²) < 4.78 is 7.00. The normalized spacial score (nSPS) is 14.1. The van der Waals surface area contributed by atoms with Crippen LogP contribution in [-0.2, 0) is 11.3 Å². The van der Waals surface area contributed by atoms with Crippen molar-refractivity contribution in [3.63, 3.8) is 0 Å². The van der Waals surface area contributed by atoms with Gasteiger partial charge in [-0.2, -0.15) is 4.98 Å². The second-order valence-corrected chi connectivity index (χ2v) is 7.60. The van der Waals surface area contributed by atoms with Gasteiger partial charge in [-0.3, -0.25) is 19.1 Å². The number of rotatable bonds is 4. The molecule has 1 fully saturated rings. The number of amides is 1. The number of likely N-dealkylation sites (tertiary alicyclic amines) is 1. The molecule has 156 valence electrons. The van der Waals surface area contributed by atoms with E-state index < -0.39 is 0 Å². The molecule has 0 saturated carbocycles. The maximum absolute atomic E-state index is 13.0. The molecule has 4 heterocycles. The average Bonchev–Trinajstić information content (AvgIpc) is 3.32. The standard InChI is InChI=1S/C23H21N5O3/c29-20-14-18(23-25-22(26-31-23)16-8-10-24-11-9-16)17-6-2-3-7-19(17)28(20)15-21(30)27-12-4-1-5-13-27/h2-3,6-11,14H,1,4-5,12-13,15H2. The quantitative estimate of drug-likeness (QED) is 0.508. The molecule has 31 heavy (non-hydrogen) atoms. The molecule has 1 aromatic carbocycles. The van der Waals surface area contributed by atoms with Crippen LogP contribution in [0.4, 0.5) is 0 Å². The lowest BCUT2D eigenvalue weighted by molar-refractivity contribution is -0.132. The SMILES string of the molecule is O=C(Cn1c(=O)cc(-c2nc(-c3ccncc3)no2)c2ccccc21)N1CCCCC1. The molecule has 0 bridgehead atoms. The number of para-hydroxylation sites is 1. The lowest BCUT2D eigenvalue weighted by atomic mass is 10.1. The molecule has 0 unspecified atom stereocenters. The number of hydrogen-bond donors (Lipinski definition) is 0. The molecule has 1 amide bonds. The summed E-state index contributed by atoms with van der Waals surface area (Å²) in [4.78, 5) is 36.1. The highest BCUT2D eigenvalue weighted by atomic mass is 16.5. The van der Waals surface area contributed by atoms with Crippen LogP contribution in [0.2, 0.25) is 0 Å². The molecule has 3 aromatic heterocycles. The summed E-state index contributed by atoms with van der Waals surface area (Å²) in [5, 5.41) is 4.82. The van der Waals surface area contributed by atoms with Gasteiger partial charge in [-0.15, -0.1) is 0 Å². The Morgan fingerprint density at radius 1 is 1.03 bits per heavy atom. The van der Waals surface area contributed by atoms with Crippen molar-refractivity contribution in [3.8, 4) is 22.8 Å². The molecule has 0 radical (unpaired) electrons. The maximum Gasteiger partial charge on any atom is 0.259 e. The van der Waals surface area contributed by atoms with E-state index in [1.54, 1.807) is 24.5 Å². The third-order valence-electron chi connectivity index (χ3n) is 5.62. The van der Waals surface area contributed by atoms with Crippen LogP contribution >= 0.6 is 0 Å². The molecule has 1 aliphatic rings. The fraction of sp³-hybridized carbons (Fsp3) is 0.261. The monoisotopic (exact) mass is 415 g/mol. The Hall–Kier alpha value is -3.81. The molecule has 8 heteroatoms. The van der Waals surface area contributed by atoms with Gasteiger partial charge in [0.1, 0.15) is 6.54 Å². The summed E-state index contributed by atoms with van der Waals surface area (Å²) in [6, 6.07) is 12.5. The number of carbonyl (C=O) groups is 1. The van der Waals surface area contributed by atoms with Gasteiger partial charge in [0.15, 0.2) is 0 Å². The molecular formula is C23H21N5O3. The first-order valence-corrected chi connectivity index (χ1v) is 10.4. The summed E-state index contributed by atoms with van der Waals surface area (Å²) in [6.45, 7) is 1.53. The molecule has 0 aliphatic carbocycles. The lowest BCUT2D eigenvalue weighted by Crippen LogP contribution is -2.39. The predicted octanol–water partition coefficient (Wildman–Crippen LogP) is 3.13. The van der Waals surface area contributed by atoms with E-state index in [1.165, 1.54) is 10.6 Å². The van der Waals surface area contributed by atoms with Crippen LogP contribution in [0.25, 0.3) is 33.7 Å². The number of carbonyl (C=O) groups excluding carboxylic acids is 1. The van der Waals surface area contributed by atoms with Gasteiger partial charge in [-0.25, -0.2) is 0 Å². The minimum atomic E-state index is -0.275. The van der Waals surface area contributed by atoms with Crippen LogP contribution in [0.1, 0.15) is 19.3 Å². The highest BCUT2D eigenvalue weighted by molar-refractivity contribution is 5.93. The average molecular weight is 415 g/mol. The molecule has 8 nitrogen and oxygen atoms in total. The van der Waals surface area contributed by atoms with E-state index in [4.69, 9.17) is 4.52 Å². The molecule has 0 atom stereocenters. The fourth-order valence-corrected chi connectivity index (χ4v) is 4.00. The lowest BCUT2D eigenvalue weighted by Gasteiger charge is -2.27. The van der Waals surface area contributed by atoms with Crippen molar-refractivity contribution >= 4 is 16.8 Å². The summed E-state index contributed by atoms with van der Waals surface area (Å²) >= 11 is 0. The number of piperidine rings is 1. The van der Waals surface area contributed by atoms with E-state index >= 15 is 0 Å². The van der Waals surface area contributed by atoms with Gasteiger partial charge in [0, 0.05) is 42.5 Å². The van der Waals surface area contributed by atoms with E-state index in [9.17, 15) is 9.59 Å². The van der Waals surface area contributed by atoms with Gasteiger partial charge in [0.2, 0.25) is 11.7 Å². The van der Waals surface area contributed by atoms with Gasteiger partial charge in [0.05, 0.1) is 11.1 Å². The molecule has 0 spiro atoms. The van der Waals surface area contributed by atoms with Crippen molar-refractivity contribution in [2.75, 3.05) is 13.1 Å². The van der Waals surface area contributed by atoms with Crippen LogP contribution in [0, 0.1) is 0 Å². The zero-order chi connectivity index (χ0) is 21.2. The molecule has 5 rings (SSSR count). The van der Waals surface area contributed by atoms with Crippen LogP contribution in [0.15, 0.2) is 64.2 Å². The number of aromatic nitrogens is 4. The number of benzene rings is 1. The largest absolute Gasteiger partial charge is 0.341 e. The Bertz CT molecular complexity index is 1290. The third-order valence-corrected chi connectivity index (χ3v) is 5.62. The van der Waals surface area contributed by atoms with Crippen LogP contribution in [-0.4, -0.2) is 43.6 Å². The van der Waals surface area contributed by atoms with Crippen LogP contribution in [0.3, 0.4) is 0 Å². The fourth-order valence-electron chi connectivity index (χ4n) is 4.00. The summed E-state index contributed by atoms with van der Waals surface area (Å²) in [5.74, 6) is 0.651. The maximum atomic E-state index is 13.0. The number of hydrogen-bond acceptors (Lipinski definition) is 6. The Morgan fingerprint density at radius 2 is 1.81 bits per heavy atom. The smallest absolute Gasteiger partial charge is 0.259 e. The van der Waals surface area contributed by atoms with E-state index in [1.807, 2.05) is 29.2 Å². The second kappa shape index (κ2) is 8.14. The Kier molecular flexibility index (Phi) is 5.03. The highest BCUT2D eigenvalue weighted by Gasteiger charge is 2.20. The molecular weight excluding hydrogens is 394 g/mol. The van der Waals surface area contributed by atoms with E-state index in [-0.39, 0.29) is 23.9 Å². The number of pyridine rings is 2. The zero-order valence-corrected chi connectivity index (χ0v) is 16.9. The first-order chi connectivity index (χ1) is 15.2. The van der Waals surface area contributed by atoms with Crippen molar-refractivity contribution in [1.29, 1.82) is 0 Å². The minimum absolute atomic E-state index is 0.0196. The van der Waals surface area contributed by atoms with Crippen LogP contribution < -0.4 is 5.56 Å². The minimum Gasteiger partial charge on any atom is -0.341 e. The first kappa shape index (κ1) is 19.2.